The molecular weight excluding hydrogens is 478 g/mol. The number of halogens is 1. The Morgan fingerprint density at radius 3 is 2.69 bits per heavy atom. The first kappa shape index (κ1) is 29.1. The Hall–Kier alpha value is -1.44. The highest BCUT2D eigenvalue weighted by Crippen LogP contribution is 2.45. The van der Waals surface area contributed by atoms with Crippen LogP contribution in [0.15, 0.2) is 36.4 Å². The van der Waals surface area contributed by atoms with E-state index in [2.05, 4.69) is 24.0 Å². The number of allylic oxidation sites excluding steroid dienone is 2. The number of aliphatic hydroxyl groups excluding tert-OH is 2. The van der Waals surface area contributed by atoms with E-state index < -0.39 is 12.2 Å². The number of aliphatic hydroxyl groups is 2. The van der Waals surface area contributed by atoms with E-state index in [4.69, 9.17) is 21.1 Å². The number of benzene rings is 1. The summed E-state index contributed by atoms with van der Waals surface area (Å²) in [6, 6.07) is 8.04. The van der Waals surface area contributed by atoms with Crippen molar-refractivity contribution in [2.24, 2.45) is 5.92 Å². The molecule has 1 unspecified atom stereocenters. The molecule has 2 N–H and O–H groups in total. The molecule has 1 heterocycles. The predicted octanol–water partition coefficient (Wildman–Crippen LogP) is 4.97. The van der Waals surface area contributed by atoms with E-state index in [-0.39, 0.29) is 23.2 Å². The van der Waals surface area contributed by atoms with Crippen LogP contribution in [-0.4, -0.2) is 72.0 Å². The second-order valence-electron chi connectivity index (χ2n) is 10.1. The van der Waals surface area contributed by atoms with Crippen LogP contribution in [0.5, 0.6) is 0 Å². The number of nitrogens with zero attached hydrogens (tertiary/aromatic N) is 1. The summed E-state index contributed by atoms with van der Waals surface area (Å²) in [5, 5.41) is 21.0. The van der Waals surface area contributed by atoms with Crippen molar-refractivity contribution < 1.29 is 24.5 Å². The first-order valence-electron chi connectivity index (χ1n) is 13.7. The first-order chi connectivity index (χ1) is 17.5. The number of hydrogen-bond donors (Lipinski definition) is 2. The number of carbonyl (C=O) groups excluding carboxylic acids is 1. The second kappa shape index (κ2) is 15.7. The minimum absolute atomic E-state index is 0.0135. The molecule has 36 heavy (non-hydrogen) atoms. The second-order valence-corrected chi connectivity index (χ2v) is 10.7. The zero-order valence-corrected chi connectivity index (χ0v) is 22.5. The van der Waals surface area contributed by atoms with E-state index in [0.29, 0.717) is 19.4 Å². The van der Waals surface area contributed by atoms with Gasteiger partial charge in [0.1, 0.15) is 6.61 Å². The largest absolute Gasteiger partial charge is 0.464 e. The minimum Gasteiger partial charge on any atom is -0.464 e. The zero-order valence-electron chi connectivity index (χ0n) is 21.7. The number of rotatable bonds is 14. The van der Waals surface area contributed by atoms with Gasteiger partial charge in [0, 0.05) is 37.4 Å². The lowest BCUT2D eigenvalue weighted by Crippen LogP contribution is -2.38. The Kier molecular flexibility index (Phi) is 12.7. The summed E-state index contributed by atoms with van der Waals surface area (Å²) >= 11 is 6.64. The Labute approximate surface area is 221 Å². The van der Waals surface area contributed by atoms with Gasteiger partial charge in [-0.15, -0.1) is 11.6 Å². The van der Waals surface area contributed by atoms with Gasteiger partial charge < -0.3 is 19.7 Å². The summed E-state index contributed by atoms with van der Waals surface area (Å²) in [5.41, 5.74) is 2.01. The molecule has 5 atom stereocenters. The van der Waals surface area contributed by atoms with Crippen molar-refractivity contribution in [3.8, 4) is 0 Å². The summed E-state index contributed by atoms with van der Waals surface area (Å²) in [7, 11) is 0. The summed E-state index contributed by atoms with van der Waals surface area (Å²) in [6.07, 6.45) is 9.56. The third-order valence-electron chi connectivity index (χ3n) is 7.45. The number of unbranched alkanes of at least 4 members (excludes halogenated alkanes) is 2. The van der Waals surface area contributed by atoms with Crippen LogP contribution in [0.3, 0.4) is 0 Å². The smallest absolute Gasteiger partial charge is 0.305 e. The van der Waals surface area contributed by atoms with Gasteiger partial charge in [-0.1, -0.05) is 56.2 Å². The SMILES string of the molecule is CCCCC(O)c1ccc([C@@H]2[C@@H](CC=CCCCC(=O)OCCN3CCOCC3)[C@H](Cl)C[C@H]2O)cc1. The van der Waals surface area contributed by atoms with Crippen molar-refractivity contribution >= 4 is 17.6 Å². The Morgan fingerprint density at radius 2 is 1.97 bits per heavy atom. The van der Waals surface area contributed by atoms with Crippen LogP contribution in [-0.2, 0) is 14.3 Å². The Bertz CT molecular complexity index is 795. The molecular formula is C29H44ClNO5. The monoisotopic (exact) mass is 521 g/mol. The molecule has 1 aliphatic heterocycles. The van der Waals surface area contributed by atoms with Crippen molar-refractivity contribution in [2.75, 3.05) is 39.5 Å². The third-order valence-corrected chi connectivity index (χ3v) is 7.95. The molecule has 3 rings (SSSR count). The molecule has 7 heteroatoms. The van der Waals surface area contributed by atoms with Crippen molar-refractivity contribution in [3.05, 3.63) is 47.5 Å². The number of ether oxygens (including phenoxy) is 2. The lowest BCUT2D eigenvalue weighted by molar-refractivity contribution is -0.144. The van der Waals surface area contributed by atoms with Crippen LogP contribution in [0.2, 0.25) is 0 Å². The van der Waals surface area contributed by atoms with E-state index in [1.165, 1.54) is 0 Å². The quantitative estimate of drug-likeness (QED) is 0.156. The standard InChI is InChI=1S/C29H44ClNO5/c1-2-3-9-26(32)22-11-13-23(14-12-22)29-24(25(30)21-27(29)33)8-6-4-5-7-10-28(34)36-20-17-31-15-18-35-19-16-31/h4,6,11-14,24-27,29,32-33H,2-3,5,7-10,15-21H2,1H3/t24-,25+,26?,27+,29+/m0/s1. The molecule has 202 valence electrons. The topological polar surface area (TPSA) is 79.2 Å². The highest BCUT2D eigenvalue weighted by Gasteiger charge is 2.41. The molecule has 1 saturated heterocycles. The van der Waals surface area contributed by atoms with Crippen molar-refractivity contribution in [1.29, 1.82) is 0 Å². The van der Waals surface area contributed by atoms with Gasteiger partial charge in [0.25, 0.3) is 0 Å². The molecule has 1 aromatic rings. The van der Waals surface area contributed by atoms with Gasteiger partial charge in [-0.3, -0.25) is 9.69 Å². The average molecular weight is 522 g/mol. The van der Waals surface area contributed by atoms with Crippen molar-refractivity contribution in [1.82, 2.24) is 4.90 Å². The molecule has 0 amide bonds. The molecule has 0 aromatic heterocycles. The number of esters is 1. The first-order valence-corrected chi connectivity index (χ1v) is 14.1. The van der Waals surface area contributed by atoms with Gasteiger partial charge in [-0.05, 0) is 49.1 Å². The van der Waals surface area contributed by atoms with Gasteiger partial charge in [0.15, 0.2) is 0 Å². The van der Waals surface area contributed by atoms with Crippen LogP contribution in [0.25, 0.3) is 0 Å². The molecule has 0 bridgehead atoms. The fourth-order valence-corrected chi connectivity index (χ4v) is 5.69. The summed E-state index contributed by atoms with van der Waals surface area (Å²) in [4.78, 5) is 14.2. The minimum atomic E-state index is -0.464. The van der Waals surface area contributed by atoms with Crippen LogP contribution in [0.1, 0.15) is 81.4 Å². The predicted molar refractivity (Wildman–Crippen MR) is 143 cm³/mol. The van der Waals surface area contributed by atoms with E-state index in [0.717, 1.165) is 82.5 Å². The summed E-state index contributed by atoms with van der Waals surface area (Å²) in [6.45, 7) is 6.63. The van der Waals surface area contributed by atoms with Crippen LogP contribution in [0, 0.1) is 5.92 Å². The molecule has 0 radical (unpaired) electrons. The fraction of sp³-hybridized carbons (Fsp3) is 0.690. The Balaban J connectivity index is 1.39. The van der Waals surface area contributed by atoms with E-state index in [1.807, 2.05) is 24.3 Å². The van der Waals surface area contributed by atoms with Gasteiger partial charge in [0.2, 0.25) is 0 Å². The molecule has 6 nitrogen and oxygen atoms in total. The molecule has 1 aliphatic carbocycles. The molecule has 1 aromatic carbocycles. The number of hydrogen-bond acceptors (Lipinski definition) is 6. The highest BCUT2D eigenvalue weighted by atomic mass is 35.5. The van der Waals surface area contributed by atoms with Crippen LogP contribution >= 0.6 is 11.6 Å². The zero-order chi connectivity index (χ0) is 25.8. The van der Waals surface area contributed by atoms with Crippen molar-refractivity contribution in [3.63, 3.8) is 0 Å². The highest BCUT2D eigenvalue weighted by molar-refractivity contribution is 6.21. The third kappa shape index (κ3) is 9.14. The maximum absolute atomic E-state index is 12.0. The van der Waals surface area contributed by atoms with E-state index in [1.54, 1.807) is 0 Å². The molecule has 1 saturated carbocycles. The average Bonchev–Trinajstić information content (AvgIpc) is 3.17. The van der Waals surface area contributed by atoms with E-state index in [9.17, 15) is 15.0 Å². The van der Waals surface area contributed by atoms with Crippen LogP contribution in [0.4, 0.5) is 0 Å². The number of alkyl halides is 1. The van der Waals surface area contributed by atoms with Crippen molar-refractivity contribution in [2.45, 2.75) is 81.8 Å². The normalized spacial score (nSPS) is 25.9. The van der Waals surface area contributed by atoms with Gasteiger partial charge >= 0.3 is 5.97 Å². The summed E-state index contributed by atoms with van der Waals surface area (Å²) < 4.78 is 10.7. The molecule has 0 spiro atoms. The van der Waals surface area contributed by atoms with Crippen LogP contribution < -0.4 is 0 Å². The fourth-order valence-electron chi connectivity index (χ4n) is 5.25. The lowest BCUT2D eigenvalue weighted by atomic mass is 9.84. The van der Waals surface area contributed by atoms with Gasteiger partial charge in [-0.2, -0.15) is 0 Å². The number of carbonyl (C=O) groups is 1. The molecule has 2 aliphatic rings. The van der Waals surface area contributed by atoms with E-state index >= 15 is 0 Å². The van der Waals surface area contributed by atoms with Gasteiger partial charge in [0.05, 0.1) is 25.4 Å². The maximum Gasteiger partial charge on any atom is 0.305 e. The van der Waals surface area contributed by atoms with Gasteiger partial charge in [-0.25, -0.2) is 0 Å². The number of morpholine rings is 1. The Morgan fingerprint density at radius 1 is 1.22 bits per heavy atom. The maximum atomic E-state index is 12.0. The lowest BCUT2D eigenvalue weighted by Gasteiger charge is -2.26. The molecule has 2 fully saturated rings. The summed E-state index contributed by atoms with van der Waals surface area (Å²) in [5.74, 6) is -0.000849.